The quantitative estimate of drug-likeness (QED) is 0.497. The Labute approximate surface area is 95.5 Å². The molecule has 1 aromatic carbocycles. The first-order chi connectivity index (χ1) is 7.77. The van der Waals surface area contributed by atoms with Crippen LogP contribution in [0.4, 0.5) is 9.59 Å². The third-order valence-electron chi connectivity index (χ3n) is 1.02. The molecule has 0 unspecified atom stereocenters. The minimum Gasteiger partial charge on any atom is -0.478 e. The van der Waals surface area contributed by atoms with Crippen molar-refractivity contribution < 1.29 is 34.8 Å². The van der Waals surface area contributed by atoms with Crippen molar-refractivity contribution >= 4 is 18.2 Å². The maximum atomic E-state index is 10.2. The van der Waals surface area contributed by atoms with E-state index in [0.717, 1.165) is 0 Å². The molecule has 0 aromatic heterocycles. The number of carboxylic acids is 1. The van der Waals surface area contributed by atoms with E-state index < -0.39 is 18.2 Å². The number of hydrogen-bond acceptors (Lipinski definition) is 3. The lowest BCUT2D eigenvalue weighted by Gasteiger charge is -1.88. The zero-order valence-electron chi connectivity index (χ0n) is 8.48. The van der Waals surface area contributed by atoms with E-state index in [2.05, 4.69) is 5.73 Å². The van der Waals surface area contributed by atoms with Gasteiger partial charge >= 0.3 is 18.2 Å². The number of amides is 1. The molecule has 0 fully saturated rings. The van der Waals surface area contributed by atoms with Crippen molar-refractivity contribution in [2.75, 3.05) is 0 Å². The molecule has 0 heterocycles. The average molecular weight is 245 g/mol. The average Bonchev–Trinajstić information content (AvgIpc) is 2.17. The summed E-state index contributed by atoms with van der Waals surface area (Å²) in [5, 5.41) is 29.5. The number of aromatic carboxylic acids is 1. The van der Waals surface area contributed by atoms with Crippen LogP contribution in [-0.2, 0) is 0 Å². The van der Waals surface area contributed by atoms with Crippen LogP contribution in [0.2, 0.25) is 0 Å². The van der Waals surface area contributed by atoms with Crippen LogP contribution in [0, 0.1) is 0 Å². The van der Waals surface area contributed by atoms with E-state index in [1.165, 1.54) is 0 Å². The Morgan fingerprint density at radius 3 is 1.35 bits per heavy atom. The molecule has 0 saturated heterocycles. The standard InChI is InChI=1S/C7H6O2.CH3NO2.CH2O3/c8-7(9)6-4-2-1-3-5-6;2*2-1(3)4/h1-5H,(H,8,9);2H2,(H,3,4);(H2,2,3,4). The van der Waals surface area contributed by atoms with Gasteiger partial charge in [0.25, 0.3) is 0 Å². The van der Waals surface area contributed by atoms with Crippen LogP contribution in [0.5, 0.6) is 0 Å². The highest BCUT2D eigenvalue weighted by Crippen LogP contribution is 1.96. The molecule has 1 rings (SSSR count). The van der Waals surface area contributed by atoms with E-state index in [9.17, 15) is 4.79 Å². The second-order valence-electron chi connectivity index (χ2n) is 2.29. The van der Waals surface area contributed by atoms with Gasteiger partial charge in [0.05, 0.1) is 5.56 Å². The summed E-state index contributed by atoms with van der Waals surface area (Å²) in [7, 11) is 0. The summed E-state index contributed by atoms with van der Waals surface area (Å²) >= 11 is 0. The Morgan fingerprint density at radius 1 is 0.882 bits per heavy atom. The second-order valence-corrected chi connectivity index (χ2v) is 2.29. The van der Waals surface area contributed by atoms with Gasteiger partial charge in [0.1, 0.15) is 0 Å². The summed E-state index contributed by atoms with van der Waals surface area (Å²) in [6.07, 6.45) is -3.17. The van der Waals surface area contributed by atoms with Crippen molar-refractivity contribution in [2.24, 2.45) is 5.73 Å². The Morgan fingerprint density at radius 2 is 1.18 bits per heavy atom. The minimum atomic E-state index is -1.83. The van der Waals surface area contributed by atoms with Gasteiger partial charge in [0.2, 0.25) is 0 Å². The smallest absolute Gasteiger partial charge is 0.478 e. The number of nitrogens with two attached hydrogens (primary N) is 1. The van der Waals surface area contributed by atoms with Gasteiger partial charge in [-0.25, -0.2) is 14.4 Å². The molecule has 0 aliphatic rings. The molecule has 0 radical (unpaired) electrons. The van der Waals surface area contributed by atoms with Crippen LogP contribution in [-0.4, -0.2) is 38.6 Å². The molecule has 1 amide bonds. The number of rotatable bonds is 1. The fraction of sp³-hybridized carbons (Fsp3) is 0. The summed E-state index contributed by atoms with van der Waals surface area (Å²) in [5.41, 5.74) is 4.36. The van der Waals surface area contributed by atoms with Crippen LogP contribution in [0.25, 0.3) is 0 Å². The molecule has 17 heavy (non-hydrogen) atoms. The van der Waals surface area contributed by atoms with Crippen molar-refractivity contribution in [1.29, 1.82) is 0 Å². The van der Waals surface area contributed by atoms with Gasteiger partial charge in [-0.15, -0.1) is 0 Å². The Hall–Kier alpha value is -2.77. The Balaban J connectivity index is 0. The number of benzene rings is 1. The van der Waals surface area contributed by atoms with Gasteiger partial charge in [-0.05, 0) is 12.1 Å². The molecular formula is C9H11NO7. The summed E-state index contributed by atoms with van der Waals surface area (Å²) < 4.78 is 0. The highest BCUT2D eigenvalue weighted by molar-refractivity contribution is 5.87. The molecule has 0 bridgehead atoms. The molecule has 8 nitrogen and oxygen atoms in total. The first kappa shape index (κ1) is 16.7. The molecule has 6 N–H and O–H groups in total. The van der Waals surface area contributed by atoms with E-state index in [1.807, 2.05) is 0 Å². The summed E-state index contributed by atoms with van der Waals surface area (Å²) in [6, 6.07) is 8.30. The van der Waals surface area contributed by atoms with Crippen molar-refractivity contribution in [2.45, 2.75) is 0 Å². The molecule has 8 heteroatoms. The Kier molecular flexibility index (Phi) is 9.57. The lowest BCUT2D eigenvalue weighted by Crippen LogP contribution is -2.03. The third kappa shape index (κ3) is 19.6. The molecule has 0 spiro atoms. The predicted molar refractivity (Wildman–Crippen MR) is 56.3 cm³/mol. The zero-order valence-corrected chi connectivity index (χ0v) is 8.48. The first-order valence-corrected chi connectivity index (χ1v) is 3.96. The minimum absolute atomic E-state index is 0.331. The Bertz CT molecular complexity index is 343. The molecule has 0 aliphatic carbocycles. The van der Waals surface area contributed by atoms with E-state index >= 15 is 0 Å². The van der Waals surface area contributed by atoms with E-state index in [-0.39, 0.29) is 0 Å². The maximum absolute atomic E-state index is 10.2. The monoisotopic (exact) mass is 245 g/mol. The molecular weight excluding hydrogens is 234 g/mol. The van der Waals surface area contributed by atoms with Gasteiger partial charge in [-0.1, -0.05) is 18.2 Å². The van der Waals surface area contributed by atoms with Crippen LogP contribution in [0.3, 0.4) is 0 Å². The van der Waals surface area contributed by atoms with Crippen LogP contribution >= 0.6 is 0 Å². The largest absolute Gasteiger partial charge is 0.503 e. The molecule has 0 atom stereocenters. The van der Waals surface area contributed by atoms with Gasteiger partial charge < -0.3 is 26.2 Å². The number of primary amides is 1. The zero-order chi connectivity index (χ0) is 13.8. The summed E-state index contributed by atoms with van der Waals surface area (Å²) in [6.45, 7) is 0. The molecule has 1 aromatic rings. The van der Waals surface area contributed by atoms with Crippen molar-refractivity contribution in [1.82, 2.24) is 0 Å². The lowest BCUT2D eigenvalue weighted by molar-refractivity contribution is 0.0696. The normalized spacial score (nSPS) is 7.53. The molecule has 94 valence electrons. The van der Waals surface area contributed by atoms with E-state index in [0.29, 0.717) is 5.56 Å². The second kappa shape index (κ2) is 9.77. The van der Waals surface area contributed by atoms with E-state index in [4.69, 9.17) is 30.0 Å². The van der Waals surface area contributed by atoms with Crippen molar-refractivity contribution in [3.05, 3.63) is 35.9 Å². The predicted octanol–water partition coefficient (Wildman–Crippen LogP) is 1.23. The van der Waals surface area contributed by atoms with Gasteiger partial charge in [0, 0.05) is 0 Å². The number of carboxylic acid groups (broad SMARTS) is 4. The van der Waals surface area contributed by atoms with E-state index in [1.54, 1.807) is 30.3 Å². The third-order valence-corrected chi connectivity index (χ3v) is 1.02. The van der Waals surface area contributed by atoms with Crippen LogP contribution in [0.15, 0.2) is 30.3 Å². The topological polar surface area (TPSA) is 158 Å². The molecule has 0 aliphatic heterocycles. The lowest BCUT2D eigenvalue weighted by atomic mass is 10.2. The SMILES string of the molecule is NC(=O)O.O=C(O)O.O=C(O)c1ccccc1. The highest BCUT2D eigenvalue weighted by atomic mass is 16.6. The van der Waals surface area contributed by atoms with Crippen molar-refractivity contribution in [3.63, 3.8) is 0 Å². The first-order valence-electron chi connectivity index (χ1n) is 3.96. The number of hydrogen-bond donors (Lipinski definition) is 5. The fourth-order valence-corrected chi connectivity index (χ4v) is 0.581. The summed E-state index contributed by atoms with van der Waals surface area (Å²) in [5.74, 6) is -0.879. The summed E-state index contributed by atoms with van der Waals surface area (Å²) in [4.78, 5) is 27.5. The van der Waals surface area contributed by atoms with Crippen LogP contribution in [0.1, 0.15) is 10.4 Å². The van der Waals surface area contributed by atoms with Gasteiger partial charge in [-0.2, -0.15) is 0 Å². The highest BCUT2D eigenvalue weighted by Gasteiger charge is 1.96. The molecule has 0 saturated carbocycles. The fourth-order valence-electron chi connectivity index (χ4n) is 0.581. The number of carbonyl (C=O) groups is 3. The maximum Gasteiger partial charge on any atom is 0.503 e. The van der Waals surface area contributed by atoms with Crippen LogP contribution < -0.4 is 5.73 Å². The van der Waals surface area contributed by atoms with Gasteiger partial charge in [0.15, 0.2) is 0 Å². The van der Waals surface area contributed by atoms with Gasteiger partial charge in [-0.3, -0.25) is 0 Å². The van der Waals surface area contributed by atoms with Crippen molar-refractivity contribution in [3.8, 4) is 0 Å².